The quantitative estimate of drug-likeness (QED) is 0.662. The molecule has 0 radical (unpaired) electrons. The maximum Gasteiger partial charge on any atom is 0.312 e. The number of amides is 2. The molecule has 1 saturated heterocycles. The van der Waals surface area contributed by atoms with Crippen LogP contribution < -0.4 is 10.2 Å². The normalized spacial score (nSPS) is 18.3. The molecular formula is C25H37N5O3. The van der Waals surface area contributed by atoms with Crippen molar-refractivity contribution in [1.82, 2.24) is 15.2 Å². The molecule has 1 N–H and O–H groups in total. The van der Waals surface area contributed by atoms with Gasteiger partial charge in [0.15, 0.2) is 0 Å². The van der Waals surface area contributed by atoms with Crippen LogP contribution in [-0.4, -0.2) is 59.5 Å². The van der Waals surface area contributed by atoms with Gasteiger partial charge in [0, 0.05) is 49.9 Å². The molecule has 2 aliphatic heterocycles. The molecule has 0 bridgehead atoms. The molecule has 1 aromatic heterocycles. The summed E-state index contributed by atoms with van der Waals surface area (Å²) in [5.41, 5.74) is 3.43. The van der Waals surface area contributed by atoms with Crippen molar-refractivity contribution in [3.63, 3.8) is 0 Å². The first-order valence-corrected chi connectivity index (χ1v) is 12.1. The molecule has 1 atom stereocenters. The molecule has 0 saturated carbocycles. The predicted octanol–water partition coefficient (Wildman–Crippen LogP) is 2.71. The molecule has 2 amide bonds. The van der Waals surface area contributed by atoms with Crippen LogP contribution in [-0.2, 0) is 33.8 Å². The van der Waals surface area contributed by atoms with Crippen molar-refractivity contribution in [1.29, 1.82) is 5.26 Å². The highest BCUT2D eigenvalue weighted by Gasteiger charge is 2.34. The van der Waals surface area contributed by atoms with E-state index in [4.69, 9.17) is 9.72 Å². The van der Waals surface area contributed by atoms with Crippen LogP contribution in [0, 0.1) is 11.3 Å². The number of fused-ring (bicyclic) bond motifs is 1. The zero-order valence-electron chi connectivity index (χ0n) is 20.7. The van der Waals surface area contributed by atoms with E-state index in [0.29, 0.717) is 50.6 Å². The van der Waals surface area contributed by atoms with E-state index in [2.05, 4.69) is 37.1 Å². The largest absolute Gasteiger partial charge is 0.370 e. The average molecular weight is 456 g/mol. The first-order valence-electron chi connectivity index (χ1n) is 12.1. The van der Waals surface area contributed by atoms with Gasteiger partial charge in [0.05, 0.1) is 17.8 Å². The number of carbonyl (C=O) groups excluding carboxylic acids is 2. The number of aromatic nitrogens is 1. The standard InChI is InChI=1S/C25H37N5O3/c1-6-8-9-21-20-16-33-25(4,5)14-18(20)19(15-26)22(28-21)29-10-12-30(13-11-29)24(32)23(31)27-17(3)7-2/h17H,6-14,16H2,1-5H3,(H,27,31)/t17-/m0/s1. The fourth-order valence-electron chi connectivity index (χ4n) is 4.37. The average Bonchev–Trinajstić information content (AvgIpc) is 2.80. The van der Waals surface area contributed by atoms with Gasteiger partial charge in [-0.15, -0.1) is 0 Å². The number of unbranched alkanes of at least 4 members (excludes halogenated alkanes) is 1. The van der Waals surface area contributed by atoms with E-state index in [-0.39, 0.29) is 11.6 Å². The Kier molecular flexibility index (Phi) is 7.96. The first kappa shape index (κ1) is 25.0. The summed E-state index contributed by atoms with van der Waals surface area (Å²) in [6, 6.07) is 2.39. The van der Waals surface area contributed by atoms with Crippen LogP contribution in [0.3, 0.4) is 0 Å². The number of carbonyl (C=O) groups is 2. The van der Waals surface area contributed by atoms with Crippen molar-refractivity contribution in [2.24, 2.45) is 0 Å². The lowest BCUT2D eigenvalue weighted by molar-refractivity contribution is -0.146. The molecular weight excluding hydrogens is 418 g/mol. The van der Waals surface area contributed by atoms with Gasteiger partial charge in [0.1, 0.15) is 11.9 Å². The summed E-state index contributed by atoms with van der Waals surface area (Å²) in [4.78, 5) is 33.5. The van der Waals surface area contributed by atoms with Crippen molar-refractivity contribution in [3.8, 4) is 6.07 Å². The summed E-state index contributed by atoms with van der Waals surface area (Å²) in [6.45, 7) is 12.5. The molecule has 1 aromatic rings. The number of ether oxygens (including phenoxy) is 1. The number of rotatable bonds is 6. The Hall–Kier alpha value is -2.66. The van der Waals surface area contributed by atoms with Crippen LogP contribution in [0.15, 0.2) is 0 Å². The molecule has 33 heavy (non-hydrogen) atoms. The maximum absolute atomic E-state index is 12.6. The van der Waals surface area contributed by atoms with Crippen molar-refractivity contribution < 1.29 is 14.3 Å². The number of nitrogens with one attached hydrogen (secondary N) is 1. The summed E-state index contributed by atoms with van der Waals surface area (Å²) in [6.07, 6.45) is 4.40. The Morgan fingerprint density at radius 2 is 1.91 bits per heavy atom. The maximum atomic E-state index is 12.6. The first-order chi connectivity index (χ1) is 15.7. The lowest BCUT2D eigenvalue weighted by Gasteiger charge is -2.38. The third kappa shape index (κ3) is 5.64. The van der Waals surface area contributed by atoms with Crippen LogP contribution >= 0.6 is 0 Å². The van der Waals surface area contributed by atoms with Gasteiger partial charge in [-0.1, -0.05) is 20.3 Å². The zero-order chi connectivity index (χ0) is 24.2. The highest BCUT2D eigenvalue weighted by molar-refractivity contribution is 6.35. The van der Waals surface area contributed by atoms with Crippen LogP contribution in [0.2, 0.25) is 0 Å². The minimum absolute atomic E-state index is 0.0320. The van der Waals surface area contributed by atoms with Gasteiger partial charge >= 0.3 is 11.8 Å². The van der Waals surface area contributed by atoms with Gasteiger partial charge in [-0.05, 0) is 45.6 Å². The number of hydrogen-bond donors (Lipinski definition) is 1. The number of anilines is 1. The number of hydrogen-bond acceptors (Lipinski definition) is 6. The van der Waals surface area contributed by atoms with E-state index in [1.807, 2.05) is 13.8 Å². The molecule has 8 heteroatoms. The van der Waals surface area contributed by atoms with Crippen LogP contribution in [0.1, 0.15) is 76.3 Å². The summed E-state index contributed by atoms with van der Waals surface area (Å²) >= 11 is 0. The van der Waals surface area contributed by atoms with Crippen molar-refractivity contribution in [2.45, 2.75) is 85.0 Å². The van der Waals surface area contributed by atoms with Gasteiger partial charge in [-0.3, -0.25) is 9.59 Å². The molecule has 0 aromatic carbocycles. The summed E-state index contributed by atoms with van der Waals surface area (Å²) < 4.78 is 6.05. The highest BCUT2D eigenvalue weighted by atomic mass is 16.5. The van der Waals surface area contributed by atoms with Crippen molar-refractivity contribution in [2.75, 3.05) is 31.1 Å². The van der Waals surface area contributed by atoms with Gasteiger partial charge < -0.3 is 19.9 Å². The second-order valence-corrected chi connectivity index (χ2v) is 9.72. The second kappa shape index (κ2) is 10.5. The van der Waals surface area contributed by atoms with E-state index in [0.717, 1.165) is 42.5 Å². The molecule has 1 fully saturated rings. The van der Waals surface area contributed by atoms with E-state index in [1.165, 1.54) is 0 Å². The number of aryl methyl sites for hydroxylation is 1. The second-order valence-electron chi connectivity index (χ2n) is 9.72. The highest BCUT2D eigenvalue weighted by Crippen LogP contribution is 2.36. The van der Waals surface area contributed by atoms with Crippen LogP contribution in [0.5, 0.6) is 0 Å². The summed E-state index contributed by atoms with van der Waals surface area (Å²) in [7, 11) is 0. The van der Waals surface area contributed by atoms with Gasteiger partial charge in [0.25, 0.3) is 0 Å². The van der Waals surface area contributed by atoms with E-state index in [1.54, 1.807) is 4.90 Å². The lowest BCUT2D eigenvalue weighted by Crippen LogP contribution is -2.54. The number of nitrogens with zero attached hydrogens (tertiary/aromatic N) is 4. The number of piperazine rings is 1. The minimum Gasteiger partial charge on any atom is -0.370 e. The van der Waals surface area contributed by atoms with Crippen molar-refractivity contribution in [3.05, 3.63) is 22.4 Å². The van der Waals surface area contributed by atoms with E-state index in [9.17, 15) is 14.9 Å². The summed E-state index contributed by atoms with van der Waals surface area (Å²) in [5.74, 6) is -0.334. The molecule has 180 valence electrons. The van der Waals surface area contributed by atoms with Crippen molar-refractivity contribution >= 4 is 17.6 Å². The molecule has 2 aliphatic rings. The molecule has 8 nitrogen and oxygen atoms in total. The van der Waals surface area contributed by atoms with Gasteiger partial charge in [0.2, 0.25) is 0 Å². The Balaban J connectivity index is 1.83. The Bertz CT molecular complexity index is 929. The van der Waals surface area contributed by atoms with E-state index >= 15 is 0 Å². The molecule has 3 rings (SSSR count). The number of pyridine rings is 1. The molecule has 0 unspecified atom stereocenters. The van der Waals surface area contributed by atoms with Crippen LogP contribution in [0.25, 0.3) is 0 Å². The van der Waals surface area contributed by atoms with Gasteiger partial charge in [-0.25, -0.2) is 4.98 Å². The Labute approximate surface area is 197 Å². The van der Waals surface area contributed by atoms with Gasteiger partial charge in [-0.2, -0.15) is 5.26 Å². The predicted molar refractivity (Wildman–Crippen MR) is 127 cm³/mol. The summed E-state index contributed by atoms with van der Waals surface area (Å²) in [5, 5.41) is 12.8. The fourth-order valence-corrected chi connectivity index (χ4v) is 4.37. The lowest BCUT2D eigenvalue weighted by atomic mass is 9.87. The zero-order valence-corrected chi connectivity index (χ0v) is 20.7. The third-order valence-corrected chi connectivity index (χ3v) is 6.62. The molecule has 0 aliphatic carbocycles. The molecule has 0 spiro atoms. The monoisotopic (exact) mass is 455 g/mol. The fraction of sp³-hybridized carbons (Fsp3) is 0.680. The number of nitriles is 1. The Morgan fingerprint density at radius 3 is 2.52 bits per heavy atom. The Morgan fingerprint density at radius 1 is 1.21 bits per heavy atom. The van der Waals surface area contributed by atoms with E-state index < -0.39 is 11.8 Å². The smallest absolute Gasteiger partial charge is 0.312 e. The third-order valence-electron chi connectivity index (χ3n) is 6.62. The SMILES string of the molecule is CCCCc1nc(N2CCN(C(=O)C(=O)N[C@@H](C)CC)CC2)c(C#N)c2c1COC(C)(C)C2. The van der Waals surface area contributed by atoms with Crippen LogP contribution in [0.4, 0.5) is 5.82 Å². The topological polar surface area (TPSA) is 98.6 Å². The minimum atomic E-state index is -0.550. The molecule has 3 heterocycles.